The fraction of sp³-hybridized carbons (Fsp3) is 0.467. The quantitative estimate of drug-likeness (QED) is 0.933. The summed E-state index contributed by atoms with van der Waals surface area (Å²) in [4.78, 5) is 18.7. The first kappa shape index (κ1) is 14.3. The Bertz CT molecular complexity index is 667. The number of ether oxygens (including phenoxy) is 1. The molecule has 1 amide bonds. The van der Waals surface area contributed by atoms with Gasteiger partial charge in [-0.25, -0.2) is 4.98 Å². The first-order chi connectivity index (χ1) is 10.8. The second-order valence-electron chi connectivity index (χ2n) is 5.44. The third kappa shape index (κ3) is 2.80. The third-order valence-electron chi connectivity index (χ3n) is 3.88. The lowest BCUT2D eigenvalue weighted by Crippen LogP contribution is -2.22. The second kappa shape index (κ2) is 6.06. The molecule has 22 heavy (non-hydrogen) atoms. The van der Waals surface area contributed by atoms with Gasteiger partial charge in [-0.05, 0) is 25.0 Å². The molecule has 0 aromatic carbocycles. The summed E-state index contributed by atoms with van der Waals surface area (Å²) in [6.45, 7) is 2.32. The van der Waals surface area contributed by atoms with Crippen molar-refractivity contribution in [1.29, 1.82) is 0 Å². The van der Waals surface area contributed by atoms with E-state index >= 15 is 0 Å². The van der Waals surface area contributed by atoms with Crippen LogP contribution in [-0.2, 0) is 17.8 Å². The van der Waals surface area contributed by atoms with E-state index < -0.39 is 0 Å². The van der Waals surface area contributed by atoms with Crippen LogP contribution in [0.1, 0.15) is 39.2 Å². The van der Waals surface area contributed by atoms with Crippen LogP contribution in [0, 0.1) is 0 Å². The van der Waals surface area contributed by atoms with E-state index in [4.69, 9.17) is 4.74 Å². The summed E-state index contributed by atoms with van der Waals surface area (Å²) in [5.74, 6) is 1.06. The van der Waals surface area contributed by atoms with Crippen LogP contribution in [0.3, 0.4) is 0 Å². The Hall–Kier alpha value is -1.31. The predicted octanol–water partition coefficient (Wildman–Crippen LogP) is 2.83. The molecule has 0 radical (unpaired) electrons. The molecular formula is C15H17N3O2S2. The maximum Gasteiger partial charge on any atom is 0.261 e. The molecule has 0 bridgehead atoms. The van der Waals surface area contributed by atoms with Gasteiger partial charge in [0.05, 0.1) is 23.2 Å². The standard InChI is InChI=1S/C15H17N3O2S2/c19-14(13-4-3-12(22-13)11-2-1-6-20-11)16-8-10-9-18-5-7-21-15(18)17-10/h3-4,9,11H,1-2,5-8H2,(H,16,19). The van der Waals surface area contributed by atoms with E-state index in [1.165, 1.54) is 11.3 Å². The van der Waals surface area contributed by atoms with Gasteiger partial charge in [0.15, 0.2) is 5.16 Å². The van der Waals surface area contributed by atoms with E-state index in [1.807, 2.05) is 18.3 Å². The summed E-state index contributed by atoms with van der Waals surface area (Å²) in [6, 6.07) is 3.90. The van der Waals surface area contributed by atoms with Crippen LogP contribution in [0.5, 0.6) is 0 Å². The molecule has 116 valence electrons. The number of carbonyl (C=O) groups excluding carboxylic acids is 1. The number of imidazole rings is 1. The molecule has 2 aromatic heterocycles. The molecule has 0 aliphatic carbocycles. The molecule has 1 N–H and O–H groups in total. The molecule has 2 aromatic rings. The zero-order valence-electron chi connectivity index (χ0n) is 12.1. The number of amides is 1. The fourth-order valence-corrected chi connectivity index (χ4v) is 4.73. The molecule has 1 atom stereocenters. The smallest absolute Gasteiger partial charge is 0.261 e. The lowest BCUT2D eigenvalue weighted by molar-refractivity contribution is 0.0954. The van der Waals surface area contributed by atoms with Gasteiger partial charge in [0.2, 0.25) is 0 Å². The van der Waals surface area contributed by atoms with Crippen molar-refractivity contribution in [2.75, 3.05) is 12.4 Å². The van der Waals surface area contributed by atoms with Gasteiger partial charge in [-0.15, -0.1) is 11.3 Å². The highest BCUT2D eigenvalue weighted by Gasteiger charge is 2.21. The largest absolute Gasteiger partial charge is 0.373 e. The van der Waals surface area contributed by atoms with Crippen LogP contribution in [0.4, 0.5) is 0 Å². The van der Waals surface area contributed by atoms with Gasteiger partial charge in [-0.1, -0.05) is 11.8 Å². The van der Waals surface area contributed by atoms with Gasteiger partial charge in [-0.2, -0.15) is 0 Å². The normalized spacial score (nSPS) is 20.3. The van der Waals surface area contributed by atoms with Crippen LogP contribution in [-0.4, -0.2) is 27.8 Å². The lowest BCUT2D eigenvalue weighted by atomic mass is 10.2. The van der Waals surface area contributed by atoms with Gasteiger partial charge < -0.3 is 14.6 Å². The van der Waals surface area contributed by atoms with Crippen molar-refractivity contribution in [3.05, 3.63) is 33.8 Å². The summed E-state index contributed by atoms with van der Waals surface area (Å²) in [5.41, 5.74) is 0.923. The lowest BCUT2D eigenvalue weighted by Gasteiger charge is -2.05. The molecule has 0 spiro atoms. The number of nitrogens with zero attached hydrogens (tertiary/aromatic N) is 2. The van der Waals surface area contributed by atoms with Crippen LogP contribution in [0.25, 0.3) is 0 Å². The molecule has 1 saturated heterocycles. The van der Waals surface area contributed by atoms with Crippen molar-refractivity contribution in [2.45, 2.75) is 37.2 Å². The second-order valence-corrected chi connectivity index (χ2v) is 7.62. The van der Waals surface area contributed by atoms with E-state index in [0.717, 1.165) is 52.4 Å². The van der Waals surface area contributed by atoms with E-state index in [0.29, 0.717) is 6.54 Å². The number of hydrogen-bond donors (Lipinski definition) is 1. The van der Waals surface area contributed by atoms with Gasteiger partial charge in [0, 0.05) is 30.0 Å². The fourth-order valence-electron chi connectivity index (χ4n) is 2.75. The molecule has 4 heterocycles. The summed E-state index contributed by atoms with van der Waals surface area (Å²) in [7, 11) is 0. The van der Waals surface area contributed by atoms with Crippen LogP contribution in [0.15, 0.2) is 23.5 Å². The maximum atomic E-state index is 12.2. The molecule has 1 fully saturated rings. The number of rotatable bonds is 4. The Labute approximate surface area is 137 Å². The number of aromatic nitrogens is 2. The molecule has 4 rings (SSSR count). The molecular weight excluding hydrogens is 318 g/mol. The van der Waals surface area contributed by atoms with Crippen LogP contribution < -0.4 is 5.32 Å². The highest BCUT2D eigenvalue weighted by molar-refractivity contribution is 7.99. The summed E-state index contributed by atoms with van der Waals surface area (Å²) < 4.78 is 7.81. The summed E-state index contributed by atoms with van der Waals surface area (Å²) >= 11 is 3.29. The van der Waals surface area contributed by atoms with E-state index in [1.54, 1.807) is 11.8 Å². The van der Waals surface area contributed by atoms with Crippen molar-refractivity contribution in [3.63, 3.8) is 0 Å². The highest BCUT2D eigenvalue weighted by Crippen LogP contribution is 2.33. The molecule has 1 unspecified atom stereocenters. The number of thiophene rings is 1. The van der Waals surface area contributed by atoms with Gasteiger partial charge in [-0.3, -0.25) is 4.79 Å². The van der Waals surface area contributed by atoms with Crippen molar-refractivity contribution in [3.8, 4) is 0 Å². The average Bonchev–Trinajstić information content (AvgIpc) is 3.26. The summed E-state index contributed by atoms with van der Waals surface area (Å²) in [6.07, 6.45) is 4.37. The Morgan fingerprint density at radius 1 is 1.50 bits per heavy atom. The van der Waals surface area contributed by atoms with E-state index in [9.17, 15) is 4.79 Å². The van der Waals surface area contributed by atoms with Gasteiger partial charge in [0.25, 0.3) is 5.91 Å². The molecule has 2 aliphatic rings. The first-order valence-corrected chi connectivity index (χ1v) is 9.28. The minimum absolute atomic E-state index is 0.0324. The van der Waals surface area contributed by atoms with E-state index in [-0.39, 0.29) is 12.0 Å². The van der Waals surface area contributed by atoms with Gasteiger partial charge in [0.1, 0.15) is 0 Å². The van der Waals surface area contributed by atoms with Crippen molar-refractivity contribution in [2.24, 2.45) is 0 Å². The topological polar surface area (TPSA) is 56.2 Å². The Balaban J connectivity index is 1.37. The minimum atomic E-state index is -0.0324. The third-order valence-corrected chi connectivity index (χ3v) is 6.03. The zero-order valence-corrected chi connectivity index (χ0v) is 13.7. The van der Waals surface area contributed by atoms with Crippen LogP contribution >= 0.6 is 23.1 Å². The SMILES string of the molecule is O=C(NCc1cn2c(n1)SCC2)c1ccc(C2CCCO2)s1. The first-order valence-electron chi connectivity index (χ1n) is 7.48. The number of aryl methyl sites for hydroxylation is 1. The Morgan fingerprint density at radius 3 is 3.27 bits per heavy atom. The molecule has 2 aliphatic heterocycles. The monoisotopic (exact) mass is 335 g/mol. The zero-order chi connectivity index (χ0) is 14.9. The Kier molecular flexibility index (Phi) is 3.94. The van der Waals surface area contributed by atoms with E-state index in [2.05, 4.69) is 14.9 Å². The average molecular weight is 335 g/mol. The van der Waals surface area contributed by atoms with Crippen molar-refractivity contribution >= 4 is 29.0 Å². The van der Waals surface area contributed by atoms with Crippen molar-refractivity contribution < 1.29 is 9.53 Å². The number of carbonyl (C=O) groups is 1. The number of nitrogens with one attached hydrogen (secondary N) is 1. The highest BCUT2D eigenvalue weighted by atomic mass is 32.2. The van der Waals surface area contributed by atoms with Crippen LogP contribution in [0.2, 0.25) is 0 Å². The molecule has 5 nitrogen and oxygen atoms in total. The number of thioether (sulfide) groups is 1. The van der Waals surface area contributed by atoms with Gasteiger partial charge >= 0.3 is 0 Å². The number of fused-ring (bicyclic) bond motifs is 1. The predicted molar refractivity (Wildman–Crippen MR) is 86.4 cm³/mol. The molecule has 7 heteroatoms. The molecule has 0 saturated carbocycles. The minimum Gasteiger partial charge on any atom is -0.373 e. The summed E-state index contributed by atoms with van der Waals surface area (Å²) in [5, 5.41) is 4.01. The maximum absolute atomic E-state index is 12.2. The Morgan fingerprint density at radius 2 is 2.45 bits per heavy atom. The van der Waals surface area contributed by atoms with Crippen molar-refractivity contribution in [1.82, 2.24) is 14.9 Å². The number of hydrogen-bond acceptors (Lipinski definition) is 5.